The monoisotopic (exact) mass is 544 g/mol. The standard InChI is InChI=1S/C37H24N2OS/c1-2-10-23(11-3-1)29-22-30-36(34-28-14-6-9-17-33(28)40-35(29)34)41-37(38-30)24-18-20-25(21-19-24)39-31-15-7-4-12-26(31)27-13-5-8-16-32(27)39/h1-22,37-38H. The molecule has 0 saturated heterocycles. The molecular weight excluding hydrogens is 520 g/mol. The summed E-state index contributed by atoms with van der Waals surface area (Å²) in [5.74, 6) is 0. The highest BCUT2D eigenvalue weighted by Gasteiger charge is 2.29. The lowest BCUT2D eigenvalue weighted by Crippen LogP contribution is -2.02. The molecular formula is C37H24N2OS. The molecule has 1 aliphatic rings. The van der Waals surface area contributed by atoms with Crippen molar-refractivity contribution in [2.45, 2.75) is 10.3 Å². The molecule has 3 heterocycles. The highest BCUT2D eigenvalue weighted by atomic mass is 32.2. The Morgan fingerprint density at radius 3 is 2.00 bits per heavy atom. The molecule has 1 atom stereocenters. The minimum atomic E-state index is 0.111. The summed E-state index contributed by atoms with van der Waals surface area (Å²) >= 11 is 1.87. The van der Waals surface area contributed by atoms with Gasteiger partial charge in [0.05, 0.1) is 16.7 Å². The fourth-order valence-corrected chi connectivity index (χ4v) is 7.65. The smallest absolute Gasteiger partial charge is 0.144 e. The molecule has 0 saturated carbocycles. The number of furan rings is 1. The van der Waals surface area contributed by atoms with Gasteiger partial charge in [-0.15, -0.1) is 0 Å². The third-order valence-corrected chi connectivity index (χ3v) is 9.53. The van der Waals surface area contributed by atoms with Crippen molar-refractivity contribution in [2.24, 2.45) is 0 Å². The molecule has 41 heavy (non-hydrogen) atoms. The van der Waals surface area contributed by atoms with Crippen LogP contribution >= 0.6 is 11.8 Å². The maximum atomic E-state index is 6.49. The molecule has 4 heteroatoms. The van der Waals surface area contributed by atoms with Gasteiger partial charge in [0.25, 0.3) is 0 Å². The maximum Gasteiger partial charge on any atom is 0.144 e. The summed E-state index contributed by atoms with van der Waals surface area (Å²) in [7, 11) is 0. The van der Waals surface area contributed by atoms with Crippen molar-refractivity contribution >= 4 is 61.2 Å². The van der Waals surface area contributed by atoms with Crippen molar-refractivity contribution in [3.63, 3.8) is 0 Å². The zero-order chi connectivity index (χ0) is 26.9. The number of anilines is 1. The Morgan fingerprint density at radius 1 is 0.634 bits per heavy atom. The molecule has 6 aromatic carbocycles. The molecule has 1 aliphatic heterocycles. The molecule has 194 valence electrons. The lowest BCUT2D eigenvalue weighted by molar-refractivity contribution is 0.669. The molecule has 0 amide bonds. The van der Waals surface area contributed by atoms with Crippen molar-refractivity contribution in [3.05, 3.63) is 139 Å². The van der Waals surface area contributed by atoms with Crippen LogP contribution in [0, 0.1) is 0 Å². The minimum absolute atomic E-state index is 0.111. The topological polar surface area (TPSA) is 30.1 Å². The molecule has 0 bridgehead atoms. The second kappa shape index (κ2) is 8.79. The van der Waals surface area contributed by atoms with E-state index in [2.05, 4.69) is 137 Å². The number of para-hydroxylation sites is 3. The van der Waals surface area contributed by atoms with Gasteiger partial charge < -0.3 is 14.3 Å². The summed E-state index contributed by atoms with van der Waals surface area (Å²) in [5.41, 5.74) is 10.2. The highest BCUT2D eigenvalue weighted by Crippen LogP contribution is 2.54. The van der Waals surface area contributed by atoms with Gasteiger partial charge in [0.15, 0.2) is 0 Å². The number of hydrogen-bond donors (Lipinski definition) is 1. The minimum Gasteiger partial charge on any atom is -0.455 e. The van der Waals surface area contributed by atoms with Gasteiger partial charge in [0, 0.05) is 37.7 Å². The Balaban J connectivity index is 1.15. The van der Waals surface area contributed by atoms with Crippen LogP contribution in [-0.2, 0) is 0 Å². The van der Waals surface area contributed by atoms with Crippen LogP contribution in [0.4, 0.5) is 5.69 Å². The molecule has 1 unspecified atom stereocenters. The highest BCUT2D eigenvalue weighted by molar-refractivity contribution is 8.00. The first-order valence-corrected chi connectivity index (χ1v) is 14.8. The first-order chi connectivity index (χ1) is 20.3. The van der Waals surface area contributed by atoms with E-state index >= 15 is 0 Å². The molecule has 1 N–H and O–H groups in total. The summed E-state index contributed by atoms with van der Waals surface area (Å²) in [6.45, 7) is 0. The Kier molecular flexibility index (Phi) is 4.89. The van der Waals surface area contributed by atoms with Crippen LogP contribution in [0.2, 0.25) is 0 Å². The van der Waals surface area contributed by atoms with E-state index in [1.165, 1.54) is 43.3 Å². The van der Waals surface area contributed by atoms with Gasteiger partial charge in [-0.3, -0.25) is 0 Å². The number of fused-ring (bicyclic) bond motifs is 8. The van der Waals surface area contributed by atoms with Crippen molar-refractivity contribution in [2.75, 3.05) is 5.32 Å². The van der Waals surface area contributed by atoms with E-state index in [4.69, 9.17) is 4.42 Å². The van der Waals surface area contributed by atoms with Crippen molar-refractivity contribution in [1.29, 1.82) is 0 Å². The fraction of sp³-hybridized carbons (Fsp3) is 0.0270. The van der Waals surface area contributed by atoms with Gasteiger partial charge in [0.1, 0.15) is 16.5 Å². The first-order valence-electron chi connectivity index (χ1n) is 13.9. The Hall–Kier alpha value is -4.93. The number of nitrogens with one attached hydrogen (secondary N) is 1. The fourth-order valence-electron chi connectivity index (χ4n) is 6.37. The van der Waals surface area contributed by atoms with Gasteiger partial charge in [0.2, 0.25) is 0 Å². The van der Waals surface area contributed by atoms with E-state index in [9.17, 15) is 0 Å². The average Bonchev–Trinajstić information content (AvgIpc) is 3.73. The summed E-state index contributed by atoms with van der Waals surface area (Å²) in [6, 6.07) is 47.5. The van der Waals surface area contributed by atoms with E-state index in [1.807, 2.05) is 17.8 Å². The van der Waals surface area contributed by atoms with Crippen LogP contribution in [0.1, 0.15) is 10.9 Å². The summed E-state index contributed by atoms with van der Waals surface area (Å²) in [6.07, 6.45) is 0. The molecule has 0 radical (unpaired) electrons. The third-order valence-electron chi connectivity index (χ3n) is 8.24. The average molecular weight is 545 g/mol. The van der Waals surface area contributed by atoms with Crippen LogP contribution in [0.3, 0.4) is 0 Å². The van der Waals surface area contributed by atoms with Crippen molar-refractivity contribution in [1.82, 2.24) is 4.57 Å². The van der Waals surface area contributed by atoms with E-state index < -0.39 is 0 Å². The van der Waals surface area contributed by atoms with E-state index in [-0.39, 0.29) is 5.37 Å². The molecule has 8 aromatic rings. The second-order valence-corrected chi connectivity index (χ2v) is 11.7. The van der Waals surface area contributed by atoms with Crippen LogP contribution < -0.4 is 5.32 Å². The molecule has 2 aromatic heterocycles. The molecule has 9 rings (SSSR count). The van der Waals surface area contributed by atoms with Crippen LogP contribution in [0.15, 0.2) is 143 Å². The van der Waals surface area contributed by atoms with Gasteiger partial charge in [-0.25, -0.2) is 0 Å². The molecule has 0 aliphatic carbocycles. The van der Waals surface area contributed by atoms with Gasteiger partial charge in [-0.1, -0.05) is 109 Å². The second-order valence-electron chi connectivity index (χ2n) is 10.6. The molecule has 0 spiro atoms. The van der Waals surface area contributed by atoms with Gasteiger partial charge in [-0.05, 0) is 47.5 Å². The number of hydrogen-bond acceptors (Lipinski definition) is 3. The number of aromatic nitrogens is 1. The first kappa shape index (κ1) is 22.8. The Bertz CT molecular complexity index is 2210. The van der Waals surface area contributed by atoms with Crippen LogP contribution in [0.5, 0.6) is 0 Å². The zero-order valence-electron chi connectivity index (χ0n) is 22.0. The van der Waals surface area contributed by atoms with E-state index in [0.717, 1.165) is 33.4 Å². The number of rotatable bonds is 3. The molecule has 0 fully saturated rings. The van der Waals surface area contributed by atoms with E-state index in [1.54, 1.807) is 0 Å². The SMILES string of the molecule is c1ccc(-c2cc3c(c4c2oc2ccccc24)SC(c2ccc(-n4c5ccccc5c5ccccc54)cc2)N3)cc1. The zero-order valence-corrected chi connectivity index (χ0v) is 22.9. The van der Waals surface area contributed by atoms with Crippen molar-refractivity contribution in [3.8, 4) is 16.8 Å². The third kappa shape index (κ3) is 3.41. The normalized spacial score (nSPS) is 14.7. The lowest BCUT2D eigenvalue weighted by Gasteiger charge is -2.13. The van der Waals surface area contributed by atoms with Gasteiger partial charge >= 0.3 is 0 Å². The summed E-state index contributed by atoms with van der Waals surface area (Å²) in [4.78, 5) is 1.25. The quantitative estimate of drug-likeness (QED) is 0.240. The largest absolute Gasteiger partial charge is 0.455 e. The molecule has 3 nitrogen and oxygen atoms in total. The summed E-state index contributed by atoms with van der Waals surface area (Å²) in [5, 5.41) is 8.86. The van der Waals surface area contributed by atoms with E-state index in [0.29, 0.717) is 0 Å². The Morgan fingerprint density at radius 2 is 1.27 bits per heavy atom. The number of benzene rings is 6. The summed E-state index contributed by atoms with van der Waals surface area (Å²) < 4.78 is 8.85. The van der Waals surface area contributed by atoms with Crippen LogP contribution in [-0.4, -0.2) is 4.57 Å². The maximum absolute atomic E-state index is 6.49. The van der Waals surface area contributed by atoms with Gasteiger partial charge in [-0.2, -0.15) is 0 Å². The lowest BCUT2D eigenvalue weighted by atomic mass is 10.0. The number of nitrogens with zero attached hydrogens (tertiary/aromatic N) is 1. The van der Waals surface area contributed by atoms with Crippen LogP contribution in [0.25, 0.3) is 60.6 Å². The van der Waals surface area contributed by atoms with Crippen molar-refractivity contribution < 1.29 is 4.42 Å². The number of thioether (sulfide) groups is 1. The Labute approximate surface area is 241 Å². The predicted molar refractivity (Wildman–Crippen MR) is 172 cm³/mol. The predicted octanol–water partition coefficient (Wildman–Crippen LogP) is 10.6.